The highest BCUT2D eigenvalue weighted by Gasteiger charge is 2.26. The Kier molecular flexibility index (Phi) is 5.68. The fourth-order valence-electron chi connectivity index (χ4n) is 3.70. The molecule has 1 aliphatic rings. The number of piperidine rings is 1. The summed E-state index contributed by atoms with van der Waals surface area (Å²) in [5, 5.41) is 0.702. The summed E-state index contributed by atoms with van der Waals surface area (Å²) >= 11 is 6.13. The van der Waals surface area contributed by atoms with Crippen LogP contribution in [-0.2, 0) is 11.2 Å². The van der Waals surface area contributed by atoms with Gasteiger partial charge in [0.05, 0.1) is 12.1 Å². The summed E-state index contributed by atoms with van der Waals surface area (Å²) in [4.78, 5) is 23.8. The fraction of sp³-hybridized carbons (Fsp3) is 0.261. The summed E-state index contributed by atoms with van der Waals surface area (Å²) in [6, 6.07) is 19.5. The monoisotopic (exact) mass is 391 g/mol. The molecule has 1 saturated heterocycles. The lowest BCUT2D eigenvalue weighted by molar-refractivity contribution is -0.131. The lowest BCUT2D eigenvalue weighted by Gasteiger charge is -2.32. The third-order valence-electron chi connectivity index (χ3n) is 5.14. The SMILES string of the molecule is O=C(Cc1ccccn1)N1CCC[C@H](c2cccc(-c3cccc(Cl)c3)n2)C1. The molecule has 1 atom stereocenters. The molecular formula is C23H22ClN3O. The molecule has 4 rings (SSSR count). The Morgan fingerprint density at radius 1 is 1.11 bits per heavy atom. The van der Waals surface area contributed by atoms with E-state index in [1.807, 2.05) is 59.5 Å². The first-order valence-corrected chi connectivity index (χ1v) is 9.97. The number of carbonyl (C=O) groups excluding carboxylic acids is 1. The lowest BCUT2D eigenvalue weighted by Crippen LogP contribution is -2.40. The van der Waals surface area contributed by atoms with Gasteiger partial charge in [-0.2, -0.15) is 0 Å². The lowest BCUT2D eigenvalue weighted by atomic mass is 9.93. The van der Waals surface area contributed by atoms with Gasteiger partial charge in [-0.1, -0.05) is 35.9 Å². The molecule has 0 aliphatic carbocycles. The Morgan fingerprint density at radius 2 is 2.00 bits per heavy atom. The number of rotatable bonds is 4. The van der Waals surface area contributed by atoms with E-state index in [1.165, 1.54) is 0 Å². The van der Waals surface area contributed by atoms with Gasteiger partial charge in [0, 0.05) is 47.2 Å². The van der Waals surface area contributed by atoms with Gasteiger partial charge in [-0.15, -0.1) is 0 Å². The smallest absolute Gasteiger partial charge is 0.228 e. The van der Waals surface area contributed by atoms with Gasteiger partial charge in [-0.05, 0) is 49.2 Å². The molecule has 3 heterocycles. The second-order valence-electron chi connectivity index (χ2n) is 7.13. The first-order valence-electron chi connectivity index (χ1n) is 9.59. The molecule has 0 unspecified atom stereocenters. The van der Waals surface area contributed by atoms with Gasteiger partial charge in [0.2, 0.25) is 5.91 Å². The highest BCUT2D eigenvalue weighted by molar-refractivity contribution is 6.30. The maximum Gasteiger partial charge on any atom is 0.228 e. The van der Waals surface area contributed by atoms with Gasteiger partial charge in [0.25, 0.3) is 0 Å². The minimum absolute atomic E-state index is 0.134. The number of amides is 1. The summed E-state index contributed by atoms with van der Waals surface area (Å²) in [7, 11) is 0. The van der Waals surface area contributed by atoms with Crippen molar-refractivity contribution >= 4 is 17.5 Å². The number of pyridine rings is 2. The van der Waals surface area contributed by atoms with E-state index in [4.69, 9.17) is 16.6 Å². The number of hydrogen-bond acceptors (Lipinski definition) is 3. The van der Waals surface area contributed by atoms with E-state index in [-0.39, 0.29) is 11.8 Å². The molecule has 1 aromatic carbocycles. The molecule has 0 bridgehead atoms. The van der Waals surface area contributed by atoms with Crippen LogP contribution in [0.4, 0.5) is 0 Å². The van der Waals surface area contributed by atoms with Crippen LogP contribution in [-0.4, -0.2) is 33.9 Å². The van der Waals surface area contributed by atoms with Crippen molar-refractivity contribution in [3.05, 3.63) is 83.3 Å². The number of nitrogens with zero attached hydrogens (tertiary/aromatic N) is 3. The van der Waals surface area contributed by atoms with Gasteiger partial charge in [0.1, 0.15) is 0 Å². The Bertz CT molecular complexity index is 961. The first-order chi connectivity index (χ1) is 13.7. The van der Waals surface area contributed by atoms with Crippen LogP contribution in [0.25, 0.3) is 11.3 Å². The zero-order chi connectivity index (χ0) is 19.3. The third kappa shape index (κ3) is 4.39. The van der Waals surface area contributed by atoms with Crippen LogP contribution in [0.1, 0.15) is 30.1 Å². The topological polar surface area (TPSA) is 46.1 Å². The number of benzene rings is 1. The van der Waals surface area contributed by atoms with Crippen molar-refractivity contribution in [3.63, 3.8) is 0 Å². The van der Waals surface area contributed by atoms with Crippen LogP contribution in [0.2, 0.25) is 5.02 Å². The summed E-state index contributed by atoms with van der Waals surface area (Å²) in [6.07, 6.45) is 4.11. The van der Waals surface area contributed by atoms with E-state index < -0.39 is 0 Å². The van der Waals surface area contributed by atoms with E-state index in [2.05, 4.69) is 11.1 Å². The Hall–Kier alpha value is -2.72. The zero-order valence-corrected chi connectivity index (χ0v) is 16.3. The molecule has 4 nitrogen and oxygen atoms in total. The van der Waals surface area contributed by atoms with Crippen molar-refractivity contribution in [2.75, 3.05) is 13.1 Å². The van der Waals surface area contributed by atoms with Crippen LogP contribution < -0.4 is 0 Å². The number of carbonyl (C=O) groups is 1. The quantitative estimate of drug-likeness (QED) is 0.645. The second-order valence-corrected chi connectivity index (χ2v) is 7.57. The Labute approximate surface area is 170 Å². The molecule has 142 valence electrons. The van der Waals surface area contributed by atoms with Crippen LogP contribution in [0.3, 0.4) is 0 Å². The number of hydrogen-bond donors (Lipinski definition) is 0. The minimum atomic E-state index is 0.134. The summed E-state index contributed by atoms with van der Waals surface area (Å²) < 4.78 is 0. The third-order valence-corrected chi connectivity index (χ3v) is 5.38. The summed E-state index contributed by atoms with van der Waals surface area (Å²) in [5.41, 5.74) is 3.77. The average Bonchev–Trinajstić information content (AvgIpc) is 2.75. The molecular weight excluding hydrogens is 370 g/mol. The number of halogens is 1. The highest BCUT2D eigenvalue weighted by Crippen LogP contribution is 2.28. The van der Waals surface area contributed by atoms with E-state index in [0.29, 0.717) is 18.0 Å². The summed E-state index contributed by atoms with van der Waals surface area (Å²) in [6.45, 7) is 1.51. The van der Waals surface area contributed by atoms with Crippen molar-refractivity contribution in [1.29, 1.82) is 0 Å². The van der Waals surface area contributed by atoms with Crippen LogP contribution in [0.5, 0.6) is 0 Å². The normalized spacial score (nSPS) is 16.8. The number of likely N-dealkylation sites (tertiary alicyclic amines) is 1. The van der Waals surface area contributed by atoms with Crippen LogP contribution in [0, 0.1) is 0 Å². The molecule has 3 aromatic rings. The number of aromatic nitrogens is 2. The molecule has 2 aromatic heterocycles. The maximum atomic E-state index is 12.7. The summed E-state index contributed by atoms with van der Waals surface area (Å²) in [5.74, 6) is 0.384. The van der Waals surface area contributed by atoms with Crippen molar-refractivity contribution in [3.8, 4) is 11.3 Å². The van der Waals surface area contributed by atoms with Gasteiger partial charge in [-0.25, -0.2) is 0 Å². The Morgan fingerprint density at radius 3 is 2.82 bits per heavy atom. The molecule has 28 heavy (non-hydrogen) atoms. The van der Waals surface area contributed by atoms with Gasteiger partial charge in [0.15, 0.2) is 0 Å². The van der Waals surface area contributed by atoms with Crippen molar-refractivity contribution in [1.82, 2.24) is 14.9 Å². The molecule has 1 amide bonds. The molecule has 0 N–H and O–H groups in total. The predicted octanol–water partition coefficient (Wildman–Crippen LogP) is 4.75. The fourth-order valence-corrected chi connectivity index (χ4v) is 3.89. The van der Waals surface area contributed by atoms with Gasteiger partial charge < -0.3 is 4.90 Å². The molecule has 0 spiro atoms. The zero-order valence-electron chi connectivity index (χ0n) is 15.6. The second kappa shape index (κ2) is 8.53. The van der Waals surface area contributed by atoms with E-state index >= 15 is 0 Å². The van der Waals surface area contributed by atoms with Crippen molar-refractivity contribution < 1.29 is 4.79 Å². The Balaban J connectivity index is 1.49. The molecule has 1 fully saturated rings. The van der Waals surface area contributed by atoms with Crippen molar-refractivity contribution in [2.24, 2.45) is 0 Å². The molecule has 0 radical (unpaired) electrons. The van der Waals surface area contributed by atoms with Gasteiger partial charge in [-0.3, -0.25) is 14.8 Å². The standard InChI is InChI=1S/C23H22ClN3O/c24-19-8-3-6-17(14-19)21-10-4-11-22(26-21)18-7-5-13-27(16-18)23(28)15-20-9-1-2-12-25-20/h1-4,6,8-12,14,18H,5,7,13,15-16H2/t18-/m0/s1. The first kappa shape index (κ1) is 18.6. The molecule has 1 aliphatic heterocycles. The maximum absolute atomic E-state index is 12.7. The van der Waals surface area contributed by atoms with E-state index in [9.17, 15) is 4.79 Å². The highest BCUT2D eigenvalue weighted by atomic mass is 35.5. The van der Waals surface area contributed by atoms with E-state index in [1.54, 1.807) is 6.20 Å². The van der Waals surface area contributed by atoms with E-state index in [0.717, 1.165) is 42.0 Å². The predicted molar refractivity (Wildman–Crippen MR) is 111 cm³/mol. The van der Waals surface area contributed by atoms with Crippen LogP contribution >= 0.6 is 11.6 Å². The largest absolute Gasteiger partial charge is 0.342 e. The molecule has 0 saturated carbocycles. The molecule has 5 heteroatoms. The minimum Gasteiger partial charge on any atom is -0.342 e. The van der Waals surface area contributed by atoms with Crippen molar-refractivity contribution in [2.45, 2.75) is 25.2 Å². The van der Waals surface area contributed by atoms with Crippen LogP contribution in [0.15, 0.2) is 66.9 Å². The average molecular weight is 392 g/mol. The van der Waals surface area contributed by atoms with Gasteiger partial charge >= 0.3 is 0 Å².